The molecule has 3 saturated heterocycles. The van der Waals surface area contributed by atoms with Crippen LogP contribution >= 0.6 is 0 Å². The van der Waals surface area contributed by atoms with Gasteiger partial charge in [-0.25, -0.2) is 9.37 Å². The first-order valence-electron chi connectivity index (χ1n) is 12.9. The number of halogens is 1. The van der Waals surface area contributed by atoms with Gasteiger partial charge in [0, 0.05) is 59.9 Å². The summed E-state index contributed by atoms with van der Waals surface area (Å²) in [5.74, 6) is 1.55. The minimum atomic E-state index is -1.63. The minimum Gasteiger partial charge on any atom is -0.491 e. The van der Waals surface area contributed by atoms with Crippen LogP contribution in [-0.4, -0.2) is 59.3 Å². The van der Waals surface area contributed by atoms with E-state index in [9.17, 15) is 5.11 Å². The Morgan fingerprint density at radius 2 is 2.08 bits per heavy atom. The molecule has 3 aromatic rings. The van der Waals surface area contributed by atoms with Crippen molar-refractivity contribution >= 4 is 22.4 Å². The van der Waals surface area contributed by atoms with Crippen molar-refractivity contribution in [3.8, 4) is 5.75 Å². The molecule has 5 heterocycles. The summed E-state index contributed by atoms with van der Waals surface area (Å²) in [6, 6.07) is 9.75. The van der Waals surface area contributed by atoms with Crippen molar-refractivity contribution < 1.29 is 23.7 Å². The summed E-state index contributed by atoms with van der Waals surface area (Å²) < 4.78 is 34.9. The van der Waals surface area contributed by atoms with Gasteiger partial charge in [-0.3, -0.25) is 0 Å². The maximum absolute atomic E-state index is 15.4. The monoisotopic (exact) mass is 508 g/mol. The van der Waals surface area contributed by atoms with Gasteiger partial charge in [-0.1, -0.05) is 6.58 Å². The van der Waals surface area contributed by atoms with Crippen LogP contribution in [0.15, 0.2) is 43.1 Å². The second kappa shape index (κ2) is 9.63. The lowest BCUT2D eigenvalue weighted by Gasteiger charge is -2.32. The number of fused-ring (bicyclic) bond motifs is 1. The molecule has 0 saturated carbocycles. The van der Waals surface area contributed by atoms with Crippen molar-refractivity contribution in [1.29, 1.82) is 0 Å². The molecule has 9 heteroatoms. The number of aliphatic hydroxyl groups excluding tert-OH is 1. The largest absolute Gasteiger partial charge is 0.491 e. The van der Waals surface area contributed by atoms with Crippen molar-refractivity contribution in [3.63, 3.8) is 0 Å². The summed E-state index contributed by atoms with van der Waals surface area (Å²) in [7, 11) is 0. The number of benzene rings is 1. The van der Waals surface area contributed by atoms with Crippen LogP contribution in [0.2, 0.25) is 0 Å². The molecular weight excluding hydrogens is 475 g/mol. The number of pyridine rings is 1. The molecule has 5 atom stereocenters. The van der Waals surface area contributed by atoms with Crippen LogP contribution in [-0.2, 0) is 9.47 Å². The maximum Gasteiger partial charge on any atom is 0.173 e. The molecule has 6 rings (SSSR count). The van der Waals surface area contributed by atoms with Crippen LogP contribution in [0.25, 0.3) is 16.6 Å². The van der Waals surface area contributed by atoms with Crippen molar-refractivity contribution in [2.24, 2.45) is 5.73 Å². The van der Waals surface area contributed by atoms with Crippen molar-refractivity contribution in [3.05, 3.63) is 59.9 Å². The predicted octanol–water partition coefficient (Wildman–Crippen LogP) is 4.01. The van der Waals surface area contributed by atoms with E-state index >= 15 is 4.39 Å². The van der Waals surface area contributed by atoms with E-state index < -0.39 is 24.6 Å². The van der Waals surface area contributed by atoms with Gasteiger partial charge in [0.1, 0.15) is 30.4 Å². The summed E-state index contributed by atoms with van der Waals surface area (Å²) in [6.07, 6.45) is -0.0793. The molecule has 8 nitrogen and oxygen atoms in total. The number of rotatable bonds is 7. The average molecular weight is 509 g/mol. The molecule has 0 amide bonds. The molecule has 37 heavy (non-hydrogen) atoms. The third-order valence-corrected chi connectivity index (χ3v) is 7.72. The number of nitrogens with two attached hydrogens (primary N) is 1. The fourth-order valence-electron chi connectivity index (χ4n) is 5.54. The molecule has 0 spiro atoms. The number of alkyl halides is 1. The predicted molar refractivity (Wildman–Crippen MR) is 139 cm³/mol. The van der Waals surface area contributed by atoms with E-state index in [0.717, 1.165) is 59.5 Å². The van der Waals surface area contributed by atoms with E-state index in [0.29, 0.717) is 18.1 Å². The highest BCUT2D eigenvalue weighted by atomic mass is 19.1. The number of hydrogen-bond donors (Lipinski definition) is 2. The molecule has 3 fully saturated rings. The highest BCUT2D eigenvalue weighted by molar-refractivity contribution is 5.81. The lowest BCUT2D eigenvalue weighted by Crippen LogP contribution is -2.37. The molecule has 196 valence electrons. The zero-order valence-electron chi connectivity index (χ0n) is 21.0. The van der Waals surface area contributed by atoms with Gasteiger partial charge in [0.05, 0.1) is 11.6 Å². The Hall–Kier alpha value is -3.14. The van der Waals surface area contributed by atoms with Crippen LogP contribution in [0.3, 0.4) is 0 Å². The van der Waals surface area contributed by atoms with E-state index in [1.165, 1.54) is 6.42 Å². The Bertz CT molecular complexity index is 1320. The Labute approximate surface area is 215 Å². The second-order valence-corrected chi connectivity index (χ2v) is 10.2. The lowest BCUT2D eigenvalue weighted by atomic mass is 10.0. The zero-order valence-corrected chi connectivity index (χ0v) is 21.0. The number of ether oxygens (including phenoxy) is 3. The van der Waals surface area contributed by atoms with Gasteiger partial charge in [-0.15, -0.1) is 0 Å². The molecular formula is C28H33FN4O4. The SMILES string of the molecule is C=C(N)c1c([C@@H]2CCCO2)cn([C@@H]2O[C@H](COc3ccc4ccc(N5CCC5)nc4c3)[C@@H](O)[C@@H]2F)c1C. The standard InChI is InChI=1S/C28H33FN4O4/c1-16(30)25-17(2)33(14-20(25)22-5-3-12-35-22)28-26(29)27(34)23(37-28)15-36-19-8-6-18-7-9-24(31-21(18)13-19)32-10-4-11-32/h6-9,13-14,22-23,26-28,34H,1,3-5,10-12,15,30H2,2H3/t22-,23+,26-,27+,28+/m0/s1. The van der Waals surface area contributed by atoms with Gasteiger partial charge in [0.15, 0.2) is 12.4 Å². The van der Waals surface area contributed by atoms with Crippen molar-refractivity contribution in [2.75, 3.05) is 31.2 Å². The highest BCUT2D eigenvalue weighted by Crippen LogP contribution is 2.40. The summed E-state index contributed by atoms with van der Waals surface area (Å²) in [4.78, 5) is 6.99. The quantitative estimate of drug-likeness (QED) is 0.498. The van der Waals surface area contributed by atoms with Gasteiger partial charge in [-0.2, -0.15) is 0 Å². The van der Waals surface area contributed by atoms with Crippen LogP contribution in [0.4, 0.5) is 10.2 Å². The van der Waals surface area contributed by atoms with Gasteiger partial charge in [-0.05, 0) is 50.5 Å². The van der Waals surface area contributed by atoms with Crippen molar-refractivity contribution in [1.82, 2.24) is 9.55 Å². The normalized spacial score (nSPS) is 27.5. The van der Waals surface area contributed by atoms with Gasteiger partial charge in [0.25, 0.3) is 0 Å². The zero-order chi connectivity index (χ0) is 25.7. The van der Waals surface area contributed by atoms with E-state index in [2.05, 4.69) is 17.5 Å². The van der Waals surface area contributed by atoms with Crippen molar-refractivity contribution in [2.45, 2.75) is 56.9 Å². The molecule has 3 aliphatic rings. The number of aliphatic hydroxyl groups is 1. The maximum atomic E-state index is 15.4. The Kier molecular flexibility index (Phi) is 6.30. The van der Waals surface area contributed by atoms with Crippen LogP contribution in [0.5, 0.6) is 5.75 Å². The summed E-state index contributed by atoms with van der Waals surface area (Å²) in [5.41, 5.74) is 9.71. The first-order valence-corrected chi connectivity index (χ1v) is 12.9. The topological polar surface area (TPSA) is 95.0 Å². The number of anilines is 1. The molecule has 0 aliphatic carbocycles. The van der Waals surface area contributed by atoms with Gasteiger partial charge < -0.3 is 34.5 Å². The first kappa shape index (κ1) is 24.2. The molecule has 0 bridgehead atoms. The minimum absolute atomic E-state index is 0.00473. The third kappa shape index (κ3) is 4.35. The molecule has 3 aliphatic heterocycles. The fourth-order valence-corrected chi connectivity index (χ4v) is 5.54. The lowest BCUT2D eigenvalue weighted by molar-refractivity contribution is -0.0433. The Balaban J connectivity index is 1.19. The number of aromatic nitrogens is 2. The Morgan fingerprint density at radius 3 is 2.78 bits per heavy atom. The number of hydrogen-bond acceptors (Lipinski definition) is 7. The van der Waals surface area contributed by atoms with E-state index in [4.69, 9.17) is 24.9 Å². The van der Waals surface area contributed by atoms with E-state index in [1.807, 2.05) is 37.4 Å². The summed E-state index contributed by atoms with van der Waals surface area (Å²) in [5, 5.41) is 11.7. The first-order chi connectivity index (χ1) is 17.9. The van der Waals surface area contributed by atoms with E-state index in [-0.39, 0.29) is 12.7 Å². The van der Waals surface area contributed by atoms with Crippen LogP contribution < -0.4 is 15.4 Å². The Morgan fingerprint density at radius 1 is 1.27 bits per heavy atom. The number of nitrogens with zero attached hydrogens (tertiary/aromatic N) is 3. The molecule has 3 N–H and O–H groups in total. The molecule has 0 unspecified atom stereocenters. The molecule has 0 radical (unpaired) electrons. The van der Waals surface area contributed by atoms with Crippen LogP contribution in [0.1, 0.15) is 48.4 Å². The fraction of sp³-hybridized carbons (Fsp3) is 0.464. The summed E-state index contributed by atoms with van der Waals surface area (Å²) in [6.45, 7) is 8.50. The van der Waals surface area contributed by atoms with E-state index in [1.54, 1.807) is 4.57 Å². The third-order valence-electron chi connectivity index (χ3n) is 7.72. The van der Waals surface area contributed by atoms with Crippen LogP contribution in [0, 0.1) is 6.92 Å². The molecule has 2 aromatic heterocycles. The molecule has 1 aromatic carbocycles. The average Bonchev–Trinajstić information content (AvgIpc) is 3.56. The van der Waals surface area contributed by atoms with Gasteiger partial charge in [0.2, 0.25) is 0 Å². The summed E-state index contributed by atoms with van der Waals surface area (Å²) >= 11 is 0. The van der Waals surface area contributed by atoms with Gasteiger partial charge >= 0.3 is 0 Å². The smallest absolute Gasteiger partial charge is 0.173 e. The second-order valence-electron chi connectivity index (χ2n) is 10.2. The highest BCUT2D eigenvalue weighted by Gasteiger charge is 2.46.